The summed E-state index contributed by atoms with van der Waals surface area (Å²) in [6.45, 7) is 4.45. The van der Waals surface area contributed by atoms with Crippen LogP contribution in [0.1, 0.15) is 36.2 Å². The van der Waals surface area contributed by atoms with Gasteiger partial charge in [-0.05, 0) is 29.5 Å². The number of methoxy groups -OCH3 is 1. The number of benzene rings is 1. The lowest BCUT2D eigenvalue weighted by atomic mass is 9.88. The summed E-state index contributed by atoms with van der Waals surface area (Å²) >= 11 is 0. The Morgan fingerprint density at radius 1 is 1.35 bits per heavy atom. The van der Waals surface area contributed by atoms with E-state index in [1.807, 2.05) is 12.1 Å². The quantitative estimate of drug-likeness (QED) is 0.815. The molecule has 1 N–H and O–H groups in total. The highest BCUT2D eigenvalue weighted by molar-refractivity contribution is 5.89. The van der Waals surface area contributed by atoms with E-state index in [4.69, 9.17) is 0 Å². The first-order valence-corrected chi connectivity index (χ1v) is 5.76. The second-order valence-corrected chi connectivity index (χ2v) is 5.37. The molecule has 1 aromatic carbocycles. The van der Waals surface area contributed by atoms with Crippen molar-refractivity contribution in [2.45, 2.75) is 25.7 Å². The Bertz CT molecular complexity index is 433. The number of carbonyl (C=O) groups excluding carboxylic acids is 1. The van der Waals surface area contributed by atoms with Crippen LogP contribution in [0.25, 0.3) is 0 Å². The molecule has 2 rings (SSSR count). The summed E-state index contributed by atoms with van der Waals surface area (Å²) in [6.07, 6.45) is 0.980. The van der Waals surface area contributed by atoms with E-state index in [-0.39, 0.29) is 23.4 Å². The van der Waals surface area contributed by atoms with Crippen LogP contribution in [-0.4, -0.2) is 24.8 Å². The molecule has 1 aromatic rings. The van der Waals surface area contributed by atoms with E-state index in [0.29, 0.717) is 5.56 Å². The normalized spacial score (nSPS) is 25.4. The molecular weight excluding hydrogens is 216 g/mol. The number of aliphatic hydroxyl groups is 1. The molecule has 1 aliphatic carbocycles. The molecule has 1 atom stereocenters. The van der Waals surface area contributed by atoms with E-state index in [2.05, 4.69) is 18.6 Å². The molecule has 17 heavy (non-hydrogen) atoms. The molecule has 1 unspecified atom stereocenters. The van der Waals surface area contributed by atoms with Crippen LogP contribution < -0.4 is 0 Å². The zero-order valence-corrected chi connectivity index (χ0v) is 10.5. The van der Waals surface area contributed by atoms with Crippen molar-refractivity contribution in [3.63, 3.8) is 0 Å². The third-order valence-electron chi connectivity index (χ3n) is 4.04. The average molecular weight is 234 g/mol. The van der Waals surface area contributed by atoms with E-state index < -0.39 is 0 Å². The first-order valence-electron chi connectivity index (χ1n) is 5.76. The Labute approximate surface area is 101 Å². The molecule has 1 aliphatic rings. The van der Waals surface area contributed by atoms with Crippen molar-refractivity contribution < 1.29 is 14.6 Å². The minimum atomic E-state index is -0.329. The summed E-state index contributed by atoms with van der Waals surface area (Å²) in [6, 6.07) is 7.34. The SMILES string of the molecule is COC(=O)c1ccc(C2(CO)CC2(C)C)cc1. The molecule has 3 heteroatoms. The topological polar surface area (TPSA) is 46.5 Å². The second-order valence-electron chi connectivity index (χ2n) is 5.37. The van der Waals surface area contributed by atoms with E-state index >= 15 is 0 Å². The zero-order valence-electron chi connectivity index (χ0n) is 10.5. The largest absolute Gasteiger partial charge is 0.465 e. The molecular formula is C14H18O3. The molecule has 0 spiro atoms. The first kappa shape index (κ1) is 12.1. The maximum Gasteiger partial charge on any atom is 0.337 e. The van der Waals surface area contributed by atoms with Gasteiger partial charge in [-0.1, -0.05) is 26.0 Å². The molecule has 0 saturated heterocycles. The molecule has 0 radical (unpaired) electrons. The lowest BCUT2D eigenvalue weighted by Gasteiger charge is -2.18. The van der Waals surface area contributed by atoms with Crippen LogP contribution in [-0.2, 0) is 10.2 Å². The third-order valence-corrected chi connectivity index (χ3v) is 4.04. The van der Waals surface area contributed by atoms with Crippen molar-refractivity contribution in [2.24, 2.45) is 5.41 Å². The van der Waals surface area contributed by atoms with E-state index in [1.165, 1.54) is 7.11 Å². The lowest BCUT2D eigenvalue weighted by Crippen LogP contribution is -2.19. The summed E-state index contributed by atoms with van der Waals surface area (Å²) in [4.78, 5) is 11.3. The van der Waals surface area contributed by atoms with Gasteiger partial charge in [-0.2, -0.15) is 0 Å². The number of hydrogen-bond acceptors (Lipinski definition) is 3. The highest BCUT2D eigenvalue weighted by atomic mass is 16.5. The number of ether oxygens (including phenoxy) is 1. The molecule has 1 fully saturated rings. The Morgan fingerprint density at radius 3 is 2.24 bits per heavy atom. The smallest absolute Gasteiger partial charge is 0.337 e. The van der Waals surface area contributed by atoms with Crippen LogP contribution in [0.15, 0.2) is 24.3 Å². The third kappa shape index (κ3) is 1.75. The minimum absolute atomic E-state index is 0.133. The second kappa shape index (κ2) is 3.84. The monoisotopic (exact) mass is 234 g/mol. The van der Waals surface area contributed by atoms with Crippen LogP contribution in [0.5, 0.6) is 0 Å². The molecule has 0 bridgehead atoms. The molecule has 0 amide bonds. The summed E-state index contributed by atoms with van der Waals surface area (Å²) < 4.78 is 4.66. The maximum absolute atomic E-state index is 11.3. The maximum atomic E-state index is 11.3. The molecule has 0 aliphatic heterocycles. The summed E-state index contributed by atoms with van der Waals surface area (Å²) in [7, 11) is 1.37. The van der Waals surface area contributed by atoms with Gasteiger partial charge in [0.1, 0.15) is 0 Å². The molecule has 1 saturated carbocycles. The van der Waals surface area contributed by atoms with Gasteiger partial charge in [0.05, 0.1) is 19.3 Å². The van der Waals surface area contributed by atoms with Crippen LogP contribution in [0.4, 0.5) is 0 Å². The van der Waals surface area contributed by atoms with E-state index in [0.717, 1.165) is 12.0 Å². The van der Waals surface area contributed by atoms with Gasteiger partial charge in [0, 0.05) is 5.41 Å². The minimum Gasteiger partial charge on any atom is -0.465 e. The molecule has 0 aromatic heterocycles. The van der Waals surface area contributed by atoms with Crippen LogP contribution >= 0.6 is 0 Å². The molecule has 3 nitrogen and oxygen atoms in total. The van der Waals surface area contributed by atoms with Crippen molar-refractivity contribution >= 4 is 5.97 Å². The number of rotatable bonds is 3. The van der Waals surface area contributed by atoms with Crippen molar-refractivity contribution in [3.8, 4) is 0 Å². The fraction of sp³-hybridized carbons (Fsp3) is 0.500. The van der Waals surface area contributed by atoms with Crippen LogP contribution in [0, 0.1) is 5.41 Å². The van der Waals surface area contributed by atoms with Gasteiger partial charge in [0.15, 0.2) is 0 Å². The Kier molecular flexibility index (Phi) is 2.74. The van der Waals surface area contributed by atoms with Gasteiger partial charge in [0.2, 0.25) is 0 Å². The van der Waals surface area contributed by atoms with Crippen molar-refractivity contribution in [1.29, 1.82) is 0 Å². The summed E-state index contributed by atoms with van der Waals surface area (Å²) in [5.41, 5.74) is 1.64. The molecule has 92 valence electrons. The van der Waals surface area contributed by atoms with Gasteiger partial charge < -0.3 is 9.84 Å². The average Bonchev–Trinajstić information content (AvgIpc) is 2.92. The number of esters is 1. The Morgan fingerprint density at radius 2 is 1.88 bits per heavy atom. The highest BCUT2D eigenvalue weighted by Crippen LogP contribution is 2.63. The Balaban J connectivity index is 2.28. The van der Waals surface area contributed by atoms with Gasteiger partial charge in [0.25, 0.3) is 0 Å². The van der Waals surface area contributed by atoms with E-state index in [9.17, 15) is 9.90 Å². The van der Waals surface area contributed by atoms with Gasteiger partial charge in [-0.25, -0.2) is 4.79 Å². The van der Waals surface area contributed by atoms with Gasteiger partial charge >= 0.3 is 5.97 Å². The highest BCUT2D eigenvalue weighted by Gasteiger charge is 2.61. The lowest BCUT2D eigenvalue weighted by molar-refractivity contribution is 0.0600. The summed E-state index contributed by atoms with van der Waals surface area (Å²) in [5.74, 6) is -0.329. The predicted octanol–water partition coefficient (Wildman–Crippen LogP) is 2.13. The fourth-order valence-electron chi connectivity index (χ4n) is 2.61. The van der Waals surface area contributed by atoms with E-state index in [1.54, 1.807) is 12.1 Å². The van der Waals surface area contributed by atoms with Gasteiger partial charge in [-0.3, -0.25) is 0 Å². The van der Waals surface area contributed by atoms with Crippen molar-refractivity contribution in [3.05, 3.63) is 35.4 Å². The summed E-state index contributed by atoms with van der Waals surface area (Å²) in [5, 5.41) is 9.58. The number of hydrogen-bond donors (Lipinski definition) is 1. The van der Waals surface area contributed by atoms with Crippen LogP contribution in [0.3, 0.4) is 0 Å². The molecule has 0 heterocycles. The first-order chi connectivity index (χ1) is 7.97. The zero-order chi connectivity index (χ0) is 12.7. The fourth-order valence-corrected chi connectivity index (χ4v) is 2.61. The standard InChI is InChI=1S/C14H18O3/c1-13(2)8-14(13,9-15)11-6-4-10(5-7-11)12(16)17-3/h4-7,15H,8-9H2,1-3H3. The van der Waals surface area contributed by atoms with Gasteiger partial charge in [-0.15, -0.1) is 0 Å². The number of carbonyl (C=O) groups is 1. The predicted molar refractivity (Wildman–Crippen MR) is 64.9 cm³/mol. The Hall–Kier alpha value is -1.35. The number of aliphatic hydroxyl groups excluding tert-OH is 1. The van der Waals surface area contributed by atoms with Crippen molar-refractivity contribution in [1.82, 2.24) is 0 Å². The van der Waals surface area contributed by atoms with Crippen molar-refractivity contribution in [2.75, 3.05) is 13.7 Å². The van der Waals surface area contributed by atoms with Crippen LogP contribution in [0.2, 0.25) is 0 Å².